The van der Waals surface area contributed by atoms with Crippen LogP contribution in [0.2, 0.25) is 0 Å². The van der Waals surface area contributed by atoms with E-state index in [1.54, 1.807) is 42.6 Å². The van der Waals surface area contributed by atoms with Crippen molar-refractivity contribution in [2.45, 2.75) is 43.6 Å². The predicted octanol–water partition coefficient (Wildman–Crippen LogP) is 3.47. The second-order valence-corrected chi connectivity index (χ2v) is 10.3. The molecule has 0 saturated heterocycles. The number of nitrogens with one attached hydrogen (secondary N) is 1. The Morgan fingerprint density at radius 3 is 2.72 bits per heavy atom. The van der Waals surface area contributed by atoms with Crippen LogP contribution in [-0.2, 0) is 15.6 Å². The van der Waals surface area contributed by atoms with E-state index in [0.29, 0.717) is 59.7 Å². The second-order valence-electron chi connectivity index (χ2n) is 8.13. The van der Waals surface area contributed by atoms with Gasteiger partial charge >= 0.3 is 0 Å². The zero-order valence-corrected chi connectivity index (χ0v) is 18.5. The van der Waals surface area contributed by atoms with Crippen molar-refractivity contribution in [3.63, 3.8) is 0 Å². The summed E-state index contributed by atoms with van der Waals surface area (Å²) >= 11 is 0. The van der Waals surface area contributed by atoms with E-state index in [1.807, 2.05) is 0 Å². The van der Waals surface area contributed by atoms with E-state index in [4.69, 9.17) is 4.74 Å². The molecule has 0 amide bonds. The third kappa shape index (κ3) is 5.33. The molecule has 1 aliphatic carbocycles. The van der Waals surface area contributed by atoms with E-state index in [0.717, 1.165) is 5.39 Å². The van der Waals surface area contributed by atoms with Gasteiger partial charge < -0.3 is 15.2 Å². The fraction of sp³-hybridized carbons (Fsp3) is 0.348. The summed E-state index contributed by atoms with van der Waals surface area (Å²) in [5, 5.41) is 23.2. The number of ether oxygens (including phenoxy) is 1. The lowest BCUT2D eigenvalue weighted by Crippen LogP contribution is -2.26. The first-order valence-corrected chi connectivity index (χ1v) is 12.4. The first kappa shape index (κ1) is 22.0. The lowest BCUT2D eigenvalue weighted by Gasteiger charge is -2.26. The summed E-state index contributed by atoms with van der Waals surface area (Å²) in [6.45, 7) is 0. The molecule has 1 aromatic heterocycles. The predicted molar refractivity (Wildman–Crippen MR) is 121 cm³/mol. The zero-order chi connectivity index (χ0) is 22.7. The summed E-state index contributed by atoms with van der Waals surface area (Å²) in [5.41, 5.74) is 2.24. The second kappa shape index (κ2) is 9.10. The number of aromatic nitrogens is 2. The summed E-state index contributed by atoms with van der Waals surface area (Å²) in [5.74, 6) is 0.677. The number of benzene rings is 2. The molecule has 3 aromatic rings. The summed E-state index contributed by atoms with van der Waals surface area (Å²) in [4.78, 5) is 8.95. The number of anilines is 2. The van der Waals surface area contributed by atoms with E-state index in [1.165, 1.54) is 6.26 Å². The van der Waals surface area contributed by atoms with Crippen LogP contribution in [0.15, 0.2) is 42.6 Å². The van der Waals surface area contributed by atoms with Crippen molar-refractivity contribution in [1.29, 1.82) is 5.26 Å². The van der Waals surface area contributed by atoms with Gasteiger partial charge in [0.05, 0.1) is 23.5 Å². The molecule has 1 heterocycles. The quantitative estimate of drug-likeness (QED) is 0.582. The fourth-order valence-electron chi connectivity index (χ4n) is 3.84. The Bertz CT molecular complexity index is 1280. The average Bonchev–Trinajstić information content (AvgIpc) is 2.74. The minimum atomic E-state index is -3.15. The van der Waals surface area contributed by atoms with Crippen molar-refractivity contribution in [2.75, 3.05) is 11.6 Å². The Labute approximate surface area is 186 Å². The Kier molecular flexibility index (Phi) is 6.26. The van der Waals surface area contributed by atoms with Crippen LogP contribution < -0.4 is 10.1 Å². The molecule has 4 rings (SSSR count). The zero-order valence-electron chi connectivity index (χ0n) is 17.7. The highest BCUT2D eigenvalue weighted by Gasteiger charge is 2.23. The maximum atomic E-state index is 11.6. The van der Waals surface area contributed by atoms with Crippen LogP contribution in [-0.4, -0.2) is 42.0 Å². The molecule has 0 atom stereocenters. The van der Waals surface area contributed by atoms with Crippen LogP contribution in [0.5, 0.6) is 5.75 Å². The third-order valence-electron chi connectivity index (χ3n) is 5.37. The van der Waals surface area contributed by atoms with Crippen LogP contribution in [0.1, 0.15) is 36.8 Å². The maximum absolute atomic E-state index is 11.6. The largest absolute Gasteiger partial charge is 0.487 e. The normalized spacial score (nSPS) is 18.8. The lowest BCUT2D eigenvalue weighted by atomic mass is 9.95. The highest BCUT2D eigenvalue weighted by atomic mass is 32.2. The van der Waals surface area contributed by atoms with Gasteiger partial charge in [-0.3, -0.25) is 0 Å². The minimum Gasteiger partial charge on any atom is -0.487 e. The molecule has 2 N–H and O–H groups in total. The molecule has 0 radical (unpaired) electrons. The number of hydrogen-bond acceptors (Lipinski definition) is 8. The van der Waals surface area contributed by atoms with E-state index in [9.17, 15) is 18.8 Å². The number of fused-ring (bicyclic) bond motifs is 1. The summed E-state index contributed by atoms with van der Waals surface area (Å²) in [6, 6.07) is 12.7. The van der Waals surface area contributed by atoms with E-state index >= 15 is 0 Å². The highest BCUT2D eigenvalue weighted by Crippen LogP contribution is 2.32. The Morgan fingerprint density at radius 2 is 2.00 bits per heavy atom. The van der Waals surface area contributed by atoms with Crippen LogP contribution >= 0.6 is 0 Å². The molecule has 0 unspecified atom stereocenters. The molecule has 1 fully saturated rings. The molecule has 166 valence electrons. The Balaban J connectivity index is 1.64. The molecule has 8 nitrogen and oxygen atoms in total. The molecule has 9 heteroatoms. The van der Waals surface area contributed by atoms with Gasteiger partial charge in [0.25, 0.3) is 0 Å². The maximum Gasteiger partial charge on any atom is 0.227 e. The fourth-order valence-corrected chi connectivity index (χ4v) is 4.62. The molecule has 1 saturated carbocycles. The number of nitriles is 1. The molecular weight excluding hydrogens is 428 g/mol. The van der Waals surface area contributed by atoms with Crippen LogP contribution in [0.4, 0.5) is 11.6 Å². The SMILES string of the molecule is CS(=O)(=O)Cc1cccc(Nc2ncc3ccc(C#N)c(OC4CCC(O)CC4)c3n2)c1. The average molecular weight is 453 g/mol. The number of nitrogens with zero attached hydrogens (tertiary/aromatic N) is 3. The molecular formula is C23H24N4O4S. The van der Waals surface area contributed by atoms with E-state index < -0.39 is 9.84 Å². The van der Waals surface area contributed by atoms with Crippen molar-refractivity contribution in [2.24, 2.45) is 0 Å². The number of hydrogen-bond donors (Lipinski definition) is 2. The van der Waals surface area contributed by atoms with Gasteiger partial charge in [0.1, 0.15) is 11.6 Å². The van der Waals surface area contributed by atoms with Gasteiger partial charge in [-0.05, 0) is 55.5 Å². The minimum absolute atomic E-state index is 0.0549. The molecule has 0 bridgehead atoms. The van der Waals surface area contributed by atoms with Gasteiger partial charge in [-0.25, -0.2) is 18.4 Å². The van der Waals surface area contributed by atoms with Gasteiger partial charge in [-0.2, -0.15) is 5.26 Å². The third-order valence-corrected chi connectivity index (χ3v) is 6.22. The smallest absolute Gasteiger partial charge is 0.227 e. The molecule has 2 aromatic carbocycles. The van der Waals surface area contributed by atoms with Gasteiger partial charge in [-0.15, -0.1) is 0 Å². The number of aliphatic hydroxyl groups excluding tert-OH is 1. The highest BCUT2D eigenvalue weighted by molar-refractivity contribution is 7.89. The van der Waals surface area contributed by atoms with Gasteiger partial charge in [0, 0.05) is 23.5 Å². The van der Waals surface area contributed by atoms with E-state index in [-0.39, 0.29) is 18.0 Å². The monoisotopic (exact) mass is 452 g/mol. The number of aliphatic hydroxyl groups is 1. The summed E-state index contributed by atoms with van der Waals surface area (Å²) in [6.07, 6.45) is 5.23. The molecule has 1 aliphatic rings. The molecule has 32 heavy (non-hydrogen) atoms. The van der Waals surface area contributed by atoms with Crippen molar-refractivity contribution >= 4 is 32.4 Å². The van der Waals surface area contributed by atoms with Gasteiger partial charge in [0.15, 0.2) is 15.6 Å². The number of rotatable bonds is 6. The summed E-state index contributed by atoms with van der Waals surface area (Å²) < 4.78 is 29.4. The summed E-state index contributed by atoms with van der Waals surface area (Å²) in [7, 11) is -3.15. The number of sulfone groups is 1. The van der Waals surface area contributed by atoms with Crippen molar-refractivity contribution in [3.05, 3.63) is 53.7 Å². The van der Waals surface area contributed by atoms with Gasteiger partial charge in [0.2, 0.25) is 5.95 Å². The topological polar surface area (TPSA) is 125 Å². The Hall–Kier alpha value is -3.22. The van der Waals surface area contributed by atoms with Crippen molar-refractivity contribution in [1.82, 2.24) is 9.97 Å². The van der Waals surface area contributed by atoms with Crippen molar-refractivity contribution < 1.29 is 18.3 Å². The molecule has 0 spiro atoms. The lowest BCUT2D eigenvalue weighted by molar-refractivity contribution is 0.0671. The molecule has 0 aliphatic heterocycles. The standard InChI is InChI=1S/C23H24N4O4S/c1-32(29,30)14-15-3-2-4-18(11-15)26-23-25-13-17-6-5-16(12-24)22(21(17)27-23)31-20-9-7-19(28)8-10-20/h2-6,11,13,19-20,28H,7-10,14H2,1H3,(H,25,26,27). The first-order valence-electron chi connectivity index (χ1n) is 10.4. The first-order chi connectivity index (χ1) is 15.3. The van der Waals surface area contributed by atoms with Crippen LogP contribution in [0.25, 0.3) is 10.9 Å². The van der Waals surface area contributed by atoms with Crippen LogP contribution in [0, 0.1) is 11.3 Å². The van der Waals surface area contributed by atoms with E-state index in [2.05, 4.69) is 21.4 Å². The Morgan fingerprint density at radius 1 is 1.22 bits per heavy atom. The van der Waals surface area contributed by atoms with Crippen LogP contribution in [0.3, 0.4) is 0 Å². The van der Waals surface area contributed by atoms with Crippen molar-refractivity contribution in [3.8, 4) is 11.8 Å². The van der Waals surface area contributed by atoms with Gasteiger partial charge in [-0.1, -0.05) is 12.1 Å².